The molecule has 0 saturated heterocycles. The Balaban J connectivity index is 1.75. The molecule has 4 rings (SSSR count). The number of hydrogen-bond donors (Lipinski definition) is 1. The van der Waals surface area contributed by atoms with Crippen molar-refractivity contribution in [1.82, 2.24) is 14.8 Å². The lowest BCUT2D eigenvalue weighted by molar-refractivity contribution is 0.340. The van der Waals surface area contributed by atoms with E-state index in [0.717, 1.165) is 33.7 Å². The van der Waals surface area contributed by atoms with E-state index in [1.54, 1.807) is 23.0 Å². The van der Waals surface area contributed by atoms with E-state index in [4.69, 9.17) is 9.88 Å². The molecule has 0 fully saturated rings. The van der Waals surface area contributed by atoms with Crippen LogP contribution in [-0.2, 0) is 10.0 Å². The molecule has 142 valence electrons. The molecule has 0 radical (unpaired) electrons. The second-order valence-electron chi connectivity index (χ2n) is 6.18. The Hall–Kier alpha value is -3.23. The minimum atomic E-state index is -3.72. The molecule has 28 heavy (non-hydrogen) atoms. The van der Waals surface area contributed by atoms with Crippen LogP contribution >= 0.6 is 0 Å². The summed E-state index contributed by atoms with van der Waals surface area (Å²) in [6.07, 6.45) is 1.66. The first-order chi connectivity index (χ1) is 13.5. The molecule has 0 atom stereocenters. The fourth-order valence-electron chi connectivity index (χ4n) is 3.00. The van der Waals surface area contributed by atoms with Gasteiger partial charge in [-0.15, -0.1) is 5.10 Å². The fraction of sp³-hybridized carbons (Fsp3) is 0.100. The maximum Gasteiger partial charge on any atom is 0.238 e. The van der Waals surface area contributed by atoms with Gasteiger partial charge < -0.3 is 4.74 Å². The second kappa shape index (κ2) is 7.06. The van der Waals surface area contributed by atoms with Crippen LogP contribution in [0, 0.1) is 0 Å². The Kier molecular flexibility index (Phi) is 4.58. The van der Waals surface area contributed by atoms with Gasteiger partial charge >= 0.3 is 0 Å². The van der Waals surface area contributed by atoms with Gasteiger partial charge in [0.25, 0.3) is 0 Å². The van der Waals surface area contributed by atoms with Gasteiger partial charge in [0, 0.05) is 11.1 Å². The summed E-state index contributed by atoms with van der Waals surface area (Å²) >= 11 is 0. The van der Waals surface area contributed by atoms with Crippen molar-refractivity contribution in [2.45, 2.75) is 11.8 Å². The summed E-state index contributed by atoms with van der Waals surface area (Å²) in [6.45, 7) is 2.56. The molecule has 0 spiro atoms. The minimum Gasteiger partial charge on any atom is -0.494 e. The summed E-state index contributed by atoms with van der Waals surface area (Å²) in [5.74, 6) is 0.809. The van der Waals surface area contributed by atoms with Crippen LogP contribution in [0.4, 0.5) is 0 Å². The Bertz CT molecular complexity index is 1230. The number of benzene rings is 2. The second-order valence-corrected chi connectivity index (χ2v) is 7.74. The first kappa shape index (κ1) is 18.1. The van der Waals surface area contributed by atoms with Gasteiger partial charge in [0.05, 0.1) is 28.9 Å². The molecule has 2 aromatic carbocycles. The number of hydrogen-bond acceptors (Lipinski definition) is 5. The average Bonchev–Trinajstić information content (AvgIpc) is 3.12. The fourth-order valence-corrected chi connectivity index (χ4v) is 3.52. The van der Waals surface area contributed by atoms with Gasteiger partial charge in [-0.1, -0.05) is 12.1 Å². The molecule has 4 aromatic rings. The van der Waals surface area contributed by atoms with Crippen LogP contribution in [0.15, 0.2) is 71.8 Å². The number of aromatic nitrogens is 3. The van der Waals surface area contributed by atoms with Crippen molar-refractivity contribution in [2.75, 3.05) is 6.61 Å². The molecule has 0 bridgehead atoms. The van der Waals surface area contributed by atoms with Crippen LogP contribution < -0.4 is 9.88 Å². The van der Waals surface area contributed by atoms with E-state index in [2.05, 4.69) is 10.2 Å². The molecule has 2 N–H and O–H groups in total. The third-order valence-corrected chi connectivity index (χ3v) is 5.27. The maximum absolute atomic E-state index is 11.5. The number of rotatable bonds is 5. The number of fused-ring (bicyclic) bond motifs is 1. The Morgan fingerprint density at radius 1 is 1.00 bits per heavy atom. The van der Waals surface area contributed by atoms with Crippen LogP contribution in [0.1, 0.15) is 6.92 Å². The van der Waals surface area contributed by atoms with Gasteiger partial charge in [0.15, 0.2) is 0 Å². The predicted molar refractivity (Wildman–Crippen MR) is 106 cm³/mol. The number of nitrogens with two attached hydrogens (primary N) is 1. The molecule has 0 aliphatic carbocycles. The molecular formula is C20H18N4O3S. The number of primary sulfonamides is 1. The van der Waals surface area contributed by atoms with Crippen molar-refractivity contribution in [3.63, 3.8) is 0 Å². The highest BCUT2D eigenvalue weighted by molar-refractivity contribution is 7.89. The van der Waals surface area contributed by atoms with Crippen molar-refractivity contribution in [2.24, 2.45) is 5.14 Å². The van der Waals surface area contributed by atoms with Gasteiger partial charge in [-0.05, 0) is 61.0 Å². The molecule has 2 heterocycles. The van der Waals surface area contributed by atoms with Crippen LogP contribution in [0.25, 0.3) is 27.9 Å². The smallest absolute Gasteiger partial charge is 0.238 e. The van der Waals surface area contributed by atoms with Crippen LogP contribution in [0.5, 0.6) is 5.75 Å². The van der Waals surface area contributed by atoms with Gasteiger partial charge in [0.1, 0.15) is 5.75 Å². The zero-order chi connectivity index (χ0) is 19.7. The third kappa shape index (κ3) is 3.47. The van der Waals surface area contributed by atoms with E-state index in [1.807, 2.05) is 43.3 Å². The van der Waals surface area contributed by atoms with Crippen molar-refractivity contribution in [3.8, 4) is 28.1 Å². The van der Waals surface area contributed by atoms with E-state index in [-0.39, 0.29) is 4.90 Å². The summed E-state index contributed by atoms with van der Waals surface area (Å²) in [7, 11) is -3.72. The summed E-state index contributed by atoms with van der Waals surface area (Å²) in [4.78, 5) is 0.0740. The van der Waals surface area contributed by atoms with E-state index in [1.165, 1.54) is 12.1 Å². The zero-order valence-electron chi connectivity index (χ0n) is 15.1. The largest absolute Gasteiger partial charge is 0.494 e. The van der Waals surface area contributed by atoms with E-state index >= 15 is 0 Å². The number of ether oxygens (including phenoxy) is 1. The molecular weight excluding hydrogens is 376 g/mol. The van der Waals surface area contributed by atoms with E-state index < -0.39 is 10.0 Å². The normalized spacial score (nSPS) is 11.6. The summed E-state index contributed by atoms with van der Waals surface area (Å²) in [5, 5.41) is 14.0. The standard InChI is InChI=1S/C20H18N4O3S/c1-2-27-16-7-3-15(4-8-16)19-13-20-18(11-12-22-24(20)23-19)14-5-9-17(10-6-14)28(21,25)26/h3-13H,2H2,1H3,(H2,21,25,26). The average molecular weight is 394 g/mol. The first-order valence-electron chi connectivity index (χ1n) is 8.67. The van der Waals surface area contributed by atoms with Crippen molar-refractivity contribution >= 4 is 15.5 Å². The van der Waals surface area contributed by atoms with Gasteiger partial charge in [-0.25, -0.2) is 13.6 Å². The van der Waals surface area contributed by atoms with Gasteiger partial charge in [-0.3, -0.25) is 0 Å². The number of sulfonamides is 1. The highest BCUT2D eigenvalue weighted by atomic mass is 32.2. The molecule has 0 aliphatic heterocycles. The van der Waals surface area contributed by atoms with Gasteiger partial charge in [0.2, 0.25) is 10.0 Å². The number of nitrogens with zero attached hydrogens (tertiary/aromatic N) is 3. The molecule has 0 saturated carbocycles. The van der Waals surface area contributed by atoms with Gasteiger partial charge in [-0.2, -0.15) is 9.73 Å². The van der Waals surface area contributed by atoms with Crippen LogP contribution in [-0.4, -0.2) is 29.9 Å². The molecule has 7 nitrogen and oxygen atoms in total. The van der Waals surface area contributed by atoms with E-state index in [0.29, 0.717) is 6.61 Å². The molecule has 8 heteroatoms. The summed E-state index contributed by atoms with van der Waals surface area (Å²) in [6, 6.07) is 18.0. The van der Waals surface area contributed by atoms with E-state index in [9.17, 15) is 8.42 Å². The van der Waals surface area contributed by atoms with Crippen LogP contribution in [0.3, 0.4) is 0 Å². The molecule has 2 aromatic heterocycles. The molecule has 0 amide bonds. The van der Waals surface area contributed by atoms with Crippen molar-refractivity contribution in [1.29, 1.82) is 0 Å². The van der Waals surface area contributed by atoms with Crippen molar-refractivity contribution in [3.05, 3.63) is 66.9 Å². The van der Waals surface area contributed by atoms with Crippen LogP contribution in [0.2, 0.25) is 0 Å². The Morgan fingerprint density at radius 2 is 1.68 bits per heavy atom. The summed E-state index contributed by atoms with van der Waals surface area (Å²) in [5.41, 5.74) is 4.28. The highest BCUT2D eigenvalue weighted by Crippen LogP contribution is 2.29. The maximum atomic E-state index is 11.5. The SMILES string of the molecule is CCOc1ccc(-c2cc3c(-c4ccc(S(N)(=O)=O)cc4)ccnn3n2)cc1. The lowest BCUT2D eigenvalue weighted by atomic mass is 10.1. The molecule has 0 unspecified atom stereocenters. The third-order valence-electron chi connectivity index (χ3n) is 4.34. The quantitative estimate of drug-likeness (QED) is 0.561. The molecule has 0 aliphatic rings. The highest BCUT2D eigenvalue weighted by Gasteiger charge is 2.12. The Morgan fingerprint density at radius 3 is 2.32 bits per heavy atom. The Labute approximate surface area is 162 Å². The van der Waals surface area contributed by atoms with Crippen molar-refractivity contribution < 1.29 is 13.2 Å². The summed E-state index contributed by atoms with van der Waals surface area (Å²) < 4.78 is 30.0. The minimum absolute atomic E-state index is 0.0740. The monoisotopic (exact) mass is 394 g/mol. The lowest BCUT2D eigenvalue weighted by Gasteiger charge is -2.04. The topological polar surface area (TPSA) is 99.6 Å². The lowest BCUT2D eigenvalue weighted by Crippen LogP contribution is -2.11. The zero-order valence-corrected chi connectivity index (χ0v) is 15.9. The first-order valence-corrected chi connectivity index (χ1v) is 10.2. The predicted octanol–water partition coefficient (Wildman–Crippen LogP) is 3.11.